The fourth-order valence-corrected chi connectivity index (χ4v) is 3.75. The van der Waals surface area contributed by atoms with Crippen LogP contribution in [0.25, 0.3) is 0 Å². The fourth-order valence-electron chi connectivity index (χ4n) is 3.75. The summed E-state index contributed by atoms with van der Waals surface area (Å²) >= 11 is 0. The number of hydrogen-bond donors (Lipinski definition) is 2. The highest BCUT2D eigenvalue weighted by Crippen LogP contribution is 2.34. The van der Waals surface area contributed by atoms with Gasteiger partial charge in [-0.15, -0.1) is 0 Å². The lowest BCUT2D eigenvalue weighted by molar-refractivity contribution is -0.118. The number of carbonyl (C=O) groups excluding carboxylic acids is 2. The molecule has 0 radical (unpaired) electrons. The summed E-state index contributed by atoms with van der Waals surface area (Å²) in [5.74, 6) is 1.30. The summed E-state index contributed by atoms with van der Waals surface area (Å²) in [6.45, 7) is 6.92. The Morgan fingerprint density at radius 3 is 2.59 bits per heavy atom. The molecule has 2 aromatic heterocycles. The van der Waals surface area contributed by atoms with Crippen molar-refractivity contribution in [3.63, 3.8) is 0 Å². The molecule has 1 fully saturated rings. The zero-order chi connectivity index (χ0) is 20.7. The highest BCUT2D eigenvalue weighted by Gasteiger charge is 2.36. The SMILES string of the molecule is Cc1nc(NC2CN(C(=O)c3ncccn3)C2)nc2c1NC(=O)C(C(C)C)N2C. The molecule has 10 nitrogen and oxygen atoms in total. The minimum atomic E-state index is -0.285. The standard InChI is InChI=1S/C19H24N8O2/c1-10(2)14-17(28)24-13-11(3)22-19(25-16(13)26(14)4)23-12-8-27(9-12)18(29)15-20-6-5-7-21-15/h5-7,10,12,14H,8-9H2,1-4H3,(H,24,28)(H,22,23,25). The predicted molar refractivity (Wildman–Crippen MR) is 108 cm³/mol. The number of nitrogens with zero attached hydrogens (tertiary/aromatic N) is 6. The van der Waals surface area contributed by atoms with Gasteiger partial charge in [-0.05, 0) is 18.9 Å². The molecule has 0 aromatic carbocycles. The molecule has 2 amide bonds. The fraction of sp³-hybridized carbons (Fsp3) is 0.474. The highest BCUT2D eigenvalue weighted by molar-refractivity contribution is 6.03. The van der Waals surface area contributed by atoms with Gasteiger partial charge in [-0.3, -0.25) is 9.59 Å². The number of fused-ring (bicyclic) bond motifs is 1. The molecular weight excluding hydrogens is 372 g/mol. The van der Waals surface area contributed by atoms with Gasteiger partial charge < -0.3 is 20.4 Å². The Labute approximate surface area is 168 Å². The molecule has 2 N–H and O–H groups in total. The maximum Gasteiger partial charge on any atom is 0.291 e. The van der Waals surface area contributed by atoms with Gasteiger partial charge in [-0.25, -0.2) is 15.0 Å². The number of likely N-dealkylation sites (tertiary alicyclic amines) is 1. The maximum atomic E-state index is 12.4. The minimum absolute atomic E-state index is 0.0429. The Balaban J connectivity index is 1.46. The van der Waals surface area contributed by atoms with Crippen LogP contribution in [0.4, 0.5) is 17.5 Å². The van der Waals surface area contributed by atoms with Crippen LogP contribution in [0.15, 0.2) is 18.5 Å². The smallest absolute Gasteiger partial charge is 0.291 e. The molecule has 0 spiro atoms. The summed E-state index contributed by atoms with van der Waals surface area (Å²) in [5.41, 5.74) is 1.34. The molecule has 4 rings (SSSR count). The van der Waals surface area contributed by atoms with E-state index in [1.54, 1.807) is 23.4 Å². The summed E-state index contributed by atoms with van der Waals surface area (Å²) < 4.78 is 0. The van der Waals surface area contributed by atoms with Crippen LogP contribution in [0.3, 0.4) is 0 Å². The first-order valence-electron chi connectivity index (χ1n) is 9.60. The molecule has 0 bridgehead atoms. The number of nitrogens with one attached hydrogen (secondary N) is 2. The first-order valence-corrected chi connectivity index (χ1v) is 9.60. The van der Waals surface area contributed by atoms with Gasteiger partial charge in [0.15, 0.2) is 5.82 Å². The van der Waals surface area contributed by atoms with Gasteiger partial charge in [0.1, 0.15) is 11.7 Å². The Kier molecular flexibility index (Phi) is 4.77. The number of hydrogen-bond acceptors (Lipinski definition) is 8. The van der Waals surface area contributed by atoms with E-state index in [-0.39, 0.29) is 35.6 Å². The molecule has 2 aliphatic heterocycles. The maximum absolute atomic E-state index is 12.4. The first kappa shape index (κ1) is 19.0. The predicted octanol–water partition coefficient (Wildman–Crippen LogP) is 0.924. The van der Waals surface area contributed by atoms with Crippen molar-refractivity contribution in [2.24, 2.45) is 5.92 Å². The summed E-state index contributed by atoms with van der Waals surface area (Å²) in [4.78, 5) is 45.5. The van der Waals surface area contributed by atoms with Gasteiger partial charge in [0, 0.05) is 32.5 Å². The van der Waals surface area contributed by atoms with Crippen molar-refractivity contribution < 1.29 is 9.59 Å². The summed E-state index contributed by atoms with van der Waals surface area (Å²) in [6, 6.07) is 1.44. The second-order valence-corrected chi connectivity index (χ2v) is 7.74. The van der Waals surface area contributed by atoms with Crippen molar-refractivity contribution in [1.82, 2.24) is 24.8 Å². The molecular formula is C19H24N8O2. The van der Waals surface area contributed by atoms with Crippen molar-refractivity contribution in [3.8, 4) is 0 Å². The van der Waals surface area contributed by atoms with E-state index in [0.29, 0.717) is 36.2 Å². The van der Waals surface area contributed by atoms with Crippen molar-refractivity contribution in [3.05, 3.63) is 30.0 Å². The molecule has 4 heterocycles. The van der Waals surface area contributed by atoms with E-state index in [0.717, 1.165) is 0 Å². The van der Waals surface area contributed by atoms with E-state index < -0.39 is 0 Å². The molecule has 0 saturated carbocycles. The second-order valence-electron chi connectivity index (χ2n) is 7.74. The average molecular weight is 396 g/mol. The molecule has 1 atom stereocenters. The number of aromatic nitrogens is 4. The lowest BCUT2D eigenvalue weighted by Gasteiger charge is -2.40. The Morgan fingerprint density at radius 1 is 1.24 bits per heavy atom. The highest BCUT2D eigenvalue weighted by atomic mass is 16.2. The first-order chi connectivity index (χ1) is 13.8. The van der Waals surface area contributed by atoms with Crippen LogP contribution < -0.4 is 15.5 Å². The van der Waals surface area contributed by atoms with E-state index in [1.807, 2.05) is 32.7 Å². The normalized spacial score (nSPS) is 18.9. The van der Waals surface area contributed by atoms with Crippen LogP contribution in [-0.2, 0) is 4.79 Å². The third-order valence-electron chi connectivity index (χ3n) is 5.23. The molecule has 1 saturated heterocycles. The zero-order valence-electron chi connectivity index (χ0n) is 16.9. The molecule has 1 unspecified atom stereocenters. The minimum Gasteiger partial charge on any atom is -0.348 e. The summed E-state index contributed by atoms with van der Waals surface area (Å²) in [7, 11) is 1.88. The molecule has 10 heteroatoms. The topological polar surface area (TPSA) is 116 Å². The third kappa shape index (κ3) is 3.45. The average Bonchev–Trinajstić information content (AvgIpc) is 2.65. The van der Waals surface area contributed by atoms with Gasteiger partial charge in [-0.2, -0.15) is 4.98 Å². The number of amides is 2. The largest absolute Gasteiger partial charge is 0.348 e. The van der Waals surface area contributed by atoms with Gasteiger partial charge in [0.2, 0.25) is 17.7 Å². The Morgan fingerprint density at radius 2 is 1.93 bits per heavy atom. The van der Waals surface area contributed by atoms with E-state index >= 15 is 0 Å². The molecule has 0 aliphatic carbocycles. The summed E-state index contributed by atoms with van der Waals surface area (Å²) in [6.07, 6.45) is 3.11. The van der Waals surface area contributed by atoms with Crippen molar-refractivity contribution >= 4 is 29.3 Å². The molecule has 29 heavy (non-hydrogen) atoms. The second kappa shape index (κ2) is 7.26. The monoisotopic (exact) mass is 396 g/mol. The van der Waals surface area contributed by atoms with E-state index in [4.69, 9.17) is 0 Å². The van der Waals surface area contributed by atoms with Gasteiger partial charge >= 0.3 is 0 Å². The van der Waals surface area contributed by atoms with Crippen LogP contribution in [0.1, 0.15) is 30.2 Å². The Hall–Kier alpha value is -3.30. The van der Waals surface area contributed by atoms with E-state index in [2.05, 4.69) is 30.6 Å². The van der Waals surface area contributed by atoms with Crippen LogP contribution >= 0.6 is 0 Å². The molecule has 2 aliphatic rings. The zero-order valence-corrected chi connectivity index (χ0v) is 16.9. The number of rotatable bonds is 4. The lowest BCUT2D eigenvalue weighted by Crippen LogP contribution is -2.57. The number of anilines is 3. The van der Waals surface area contributed by atoms with Gasteiger partial charge in [0.05, 0.1) is 11.7 Å². The van der Waals surface area contributed by atoms with Crippen LogP contribution in [0.2, 0.25) is 0 Å². The quantitative estimate of drug-likeness (QED) is 0.784. The van der Waals surface area contributed by atoms with Crippen molar-refractivity contribution in [2.75, 3.05) is 35.7 Å². The Bertz CT molecular complexity index is 943. The number of aryl methyl sites for hydroxylation is 1. The number of carbonyl (C=O) groups is 2. The van der Waals surface area contributed by atoms with E-state index in [1.165, 1.54) is 0 Å². The van der Waals surface area contributed by atoms with E-state index in [9.17, 15) is 9.59 Å². The van der Waals surface area contributed by atoms with Gasteiger partial charge in [0.25, 0.3) is 5.91 Å². The summed E-state index contributed by atoms with van der Waals surface area (Å²) in [5, 5.41) is 6.22. The van der Waals surface area contributed by atoms with Crippen LogP contribution in [0, 0.1) is 12.8 Å². The van der Waals surface area contributed by atoms with Crippen LogP contribution in [-0.4, -0.2) is 68.9 Å². The van der Waals surface area contributed by atoms with Crippen molar-refractivity contribution in [1.29, 1.82) is 0 Å². The molecule has 2 aromatic rings. The third-order valence-corrected chi connectivity index (χ3v) is 5.23. The van der Waals surface area contributed by atoms with Crippen LogP contribution in [0.5, 0.6) is 0 Å². The lowest BCUT2D eigenvalue weighted by atomic mass is 9.99. The number of likely N-dealkylation sites (N-methyl/N-ethyl adjacent to an activating group) is 1. The van der Waals surface area contributed by atoms with Crippen molar-refractivity contribution in [2.45, 2.75) is 32.9 Å². The molecule has 152 valence electrons. The van der Waals surface area contributed by atoms with Gasteiger partial charge in [-0.1, -0.05) is 13.8 Å².